The molecule has 118 valence electrons. The third-order valence-corrected chi connectivity index (χ3v) is 4.50. The zero-order valence-corrected chi connectivity index (χ0v) is 12.8. The Hall–Kier alpha value is -2.67. The topological polar surface area (TPSA) is 74.8 Å². The van der Waals surface area contributed by atoms with E-state index in [0.29, 0.717) is 11.3 Å². The Morgan fingerprint density at radius 1 is 1.04 bits per heavy atom. The normalized spacial score (nSPS) is 11.3. The molecular weight excluding hydrogens is 317 g/mol. The van der Waals surface area contributed by atoms with Crippen LogP contribution in [-0.4, -0.2) is 18.4 Å². The lowest BCUT2D eigenvalue weighted by Gasteiger charge is -2.09. The standard InChI is InChI=1S/C16H14FN3O2S/c17-14-5-1-12(2-6-14)10-23(21,22)20-15-7-3-13(4-8-15)16-9-18-11-19-16/h1-9,11,20H,10H2,(H,18,19). The number of H-pyrrole nitrogens is 1. The van der Waals surface area contributed by atoms with Crippen LogP contribution in [-0.2, 0) is 15.8 Å². The summed E-state index contributed by atoms with van der Waals surface area (Å²) in [5.41, 5.74) is 2.75. The first-order valence-corrected chi connectivity index (χ1v) is 8.51. The number of anilines is 1. The molecule has 0 aliphatic heterocycles. The molecule has 0 aliphatic rings. The monoisotopic (exact) mass is 331 g/mol. The molecule has 23 heavy (non-hydrogen) atoms. The third kappa shape index (κ3) is 3.95. The molecule has 3 rings (SSSR count). The zero-order chi connectivity index (χ0) is 16.3. The summed E-state index contributed by atoms with van der Waals surface area (Å²) >= 11 is 0. The lowest BCUT2D eigenvalue weighted by Crippen LogP contribution is -2.15. The van der Waals surface area contributed by atoms with E-state index in [9.17, 15) is 12.8 Å². The highest BCUT2D eigenvalue weighted by Crippen LogP contribution is 2.20. The fraction of sp³-hybridized carbons (Fsp3) is 0.0625. The van der Waals surface area contributed by atoms with Crippen molar-refractivity contribution in [3.8, 4) is 11.3 Å². The van der Waals surface area contributed by atoms with Crippen LogP contribution in [0, 0.1) is 5.82 Å². The Labute approximate surface area is 133 Å². The summed E-state index contributed by atoms with van der Waals surface area (Å²) in [5.74, 6) is -0.608. The minimum absolute atomic E-state index is 0.213. The SMILES string of the molecule is O=S(=O)(Cc1ccc(F)cc1)Nc1ccc(-c2cnc[nH]2)cc1. The lowest BCUT2D eigenvalue weighted by atomic mass is 10.1. The number of hydrogen-bond acceptors (Lipinski definition) is 3. The molecule has 0 unspecified atom stereocenters. The second-order valence-electron chi connectivity index (χ2n) is 5.03. The van der Waals surface area contributed by atoms with Gasteiger partial charge < -0.3 is 4.98 Å². The predicted molar refractivity (Wildman–Crippen MR) is 86.7 cm³/mol. The van der Waals surface area contributed by atoms with Crippen LogP contribution in [0.1, 0.15) is 5.56 Å². The number of benzene rings is 2. The average molecular weight is 331 g/mol. The number of halogens is 1. The van der Waals surface area contributed by atoms with Gasteiger partial charge in [-0.2, -0.15) is 0 Å². The molecule has 0 radical (unpaired) electrons. The van der Waals surface area contributed by atoms with E-state index >= 15 is 0 Å². The van der Waals surface area contributed by atoms with Gasteiger partial charge in [-0.1, -0.05) is 24.3 Å². The van der Waals surface area contributed by atoms with Gasteiger partial charge in [0.15, 0.2) is 0 Å². The fourth-order valence-corrected chi connectivity index (χ4v) is 3.35. The van der Waals surface area contributed by atoms with Gasteiger partial charge in [0.1, 0.15) is 5.82 Å². The van der Waals surface area contributed by atoms with Crippen molar-refractivity contribution < 1.29 is 12.8 Å². The second-order valence-corrected chi connectivity index (χ2v) is 6.75. The van der Waals surface area contributed by atoms with Crippen LogP contribution >= 0.6 is 0 Å². The zero-order valence-electron chi connectivity index (χ0n) is 12.0. The van der Waals surface area contributed by atoms with Crippen LogP contribution in [0.3, 0.4) is 0 Å². The average Bonchev–Trinajstić information content (AvgIpc) is 3.04. The minimum Gasteiger partial charge on any atom is -0.345 e. The number of nitrogens with one attached hydrogen (secondary N) is 2. The van der Waals surface area contributed by atoms with E-state index in [4.69, 9.17) is 0 Å². The van der Waals surface area contributed by atoms with Gasteiger partial charge in [-0.05, 0) is 35.4 Å². The van der Waals surface area contributed by atoms with Crippen molar-refractivity contribution in [2.24, 2.45) is 0 Å². The number of nitrogens with zero attached hydrogens (tertiary/aromatic N) is 1. The first-order chi connectivity index (χ1) is 11.0. The van der Waals surface area contributed by atoms with E-state index in [-0.39, 0.29) is 5.75 Å². The molecule has 0 spiro atoms. The smallest absolute Gasteiger partial charge is 0.236 e. The number of aromatic nitrogens is 2. The Morgan fingerprint density at radius 3 is 2.35 bits per heavy atom. The number of sulfonamides is 1. The van der Waals surface area contributed by atoms with Crippen molar-refractivity contribution >= 4 is 15.7 Å². The Morgan fingerprint density at radius 2 is 1.74 bits per heavy atom. The molecular formula is C16H14FN3O2S. The Balaban J connectivity index is 1.71. The number of aromatic amines is 1. The van der Waals surface area contributed by atoms with E-state index < -0.39 is 15.8 Å². The van der Waals surface area contributed by atoms with Gasteiger partial charge in [-0.3, -0.25) is 4.72 Å². The summed E-state index contributed by atoms with van der Waals surface area (Å²) in [4.78, 5) is 6.92. The van der Waals surface area contributed by atoms with E-state index in [0.717, 1.165) is 11.3 Å². The highest BCUT2D eigenvalue weighted by atomic mass is 32.2. The van der Waals surface area contributed by atoms with Gasteiger partial charge >= 0.3 is 0 Å². The van der Waals surface area contributed by atoms with Gasteiger partial charge in [0, 0.05) is 5.69 Å². The lowest BCUT2D eigenvalue weighted by molar-refractivity contribution is 0.600. The predicted octanol–water partition coefficient (Wildman–Crippen LogP) is 3.16. The quantitative estimate of drug-likeness (QED) is 0.754. The molecule has 5 nitrogen and oxygen atoms in total. The largest absolute Gasteiger partial charge is 0.345 e. The molecule has 0 atom stereocenters. The van der Waals surface area contributed by atoms with E-state index in [2.05, 4.69) is 14.7 Å². The van der Waals surface area contributed by atoms with E-state index in [1.165, 1.54) is 24.3 Å². The number of rotatable bonds is 5. The highest BCUT2D eigenvalue weighted by molar-refractivity contribution is 7.91. The van der Waals surface area contributed by atoms with Crippen LogP contribution in [0.5, 0.6) is 0 Å². The summed E-state index contributed by atoms with van der Waals surface area (Å²) in [7, 11) is -3.56. The highest BCUT2D eigenvalue weighted by Gasteiger charge is 2.12. The number of hydrogen-bond donors (Lipinski definition) is 2. The first kappa shape index (κ1) is 15.2. The van der Waals surface area contributed by atoms with Crippen LogP contribution in [0.25, 0.3) is 11.3 Å². The first-order valence-electron chi connectivity index (χ1n) is 6.86. The fourth-order valence-electron chi connectivity index (χ4n) is 2.15. The number of imidazole rings is 1. The van der Waals surface area contributed by atoms with E-state index in [1.54, 1.807) is 36.8 Å². The summed E-state index contributed by atoms with van der Waals surface area (Å²) < 4.78 is 39.6. The van der Waals surface area contributed by atoms with Gasteiger partial charge in [-0.15, -0.1) is 0 Å². The molecule has 1 aromatic heterocycles. The van der Waals surface area contributed by atoms with Crippen molar-refractivity contribution in [3.05, 3.63) is 72.4 Å². The van der Waals surface area contributed by atoms with Gasteiger partial charge in [0.25, 0.3) is 0 Å². The van der Waals surface area contributed by atoms with Crippen molar-refractivity contribution in [2.45, 2.75) is 5.75 Å². The Kier molecular flexibility index (Phi) is 4.12. The van der Waals surface area contributed by atoms with Gasteiger partial charge in [-0.25, -0.2) is 17.8 Å². The Bertz CT molecular complexity index is 874. The van der Waals surface area contributed by atoms with Gasteiger partial charge in [0.2, 0.25) is 10.0 Å². The summed E-state index contributed by atoms with van der Waals surface area (Å²) in [6, 6.07) is 12.3. The van der Waals surface area contributed by atoms with E-state index in [1.807, 2.05) is 0 Å². The molecule has 0 saturated carbocycles. The summed E-state index contributed by atoms with van der Waals surface area (Å²) in [5, 5.41) is 0. The maximum absolute atomic E-state index is 12.8. The molecule has 2 aromatic carbocycles. The molecule has 7 heteroatoms. The van der Waals surface area contributed by atoms with Crippen LogP contribution < -0.4 is 4.72 Å². The van der Waals surface area contributed by atoms with Crippen LogP contribution in [0.4, 0.5) is 10.1 Å². The maximum Gasteiger partial charge on any atom is 0.236 e. The maximum atomic E-state index is 12.8. The molecule has 0 aliphatic carbocycles. The molecule has 0 bridgehead atoms. The second kappa shape index (κ2) is 6.21. The van der Waals surface area contributed by atoms with Crippen molar-refractivity contribution in [2.75, 3.05) is 4.72 Å². The minimum atomic E-state index is -3.56. The summed E-state index contributed by atoms with van der Waals surface area (Å²) in [6.45, 7) is 0. The van der Waals surface area contributed by atoms with Crippen molar-refractivity contribution in [3.63, 3.8) is 0 Å². The summed E-state index contributed by atoms with van der Waals surface area (Å²) in [6.07, 6.45) is 3.27. The molecule has 0 saturated heterocycles. The van der Waals surface area contributed by atoms with Crippen molar-refractivity contribution in [1.82, 2.24) is 9.97 Å². The third-order valence-electron chi connectivity index (χ3n) is 3.24. The molecule has 1 heterocycles. The van der Waals surface area contributed by atoms with Crippen LogP contribution in [0.15, 0.2) is 61.1 Å². The molecule has 0 fully saturated rings. The molecule has 0 amide bonds. The molecule has 3 aromatic rings. The molecule has 2 N–H and O–H groups in total. The van der Waals surface area contributed by atoms with Gasteiger partial charge in [0.05, 0.1) is 24.0 Å². The van der Waals surface area contributed by atoms with Crippen LogP contribution in [0.2, 0.25) is 0 Å². The van der Waals surface area contributed by atoms with Crippen molar-refractivity contribution in [1.29, 1.82) is 0 Å².